The van der Waals surface area contributed by atoms with Gasteiger partial charge in [0, 0.05) is 20.1 Å². The lowest BCUT2D eigenvalue weighted by Crippen LogP contribution is -2.46. The number of ketones is 1. The average Bonchev–Trinajstić information content (AvgIpc) is 2.13. The number of amides is 2. The fraction of sp³-hybridized carbons (Fsp3) is 0.800. The predicted octanol–water partition coefficient (Wildman–Crippen LogP) is 0.167. The van der Waals surface area contributed by atoms with E-state index in [0.717, 1.165) is 6.54 Å². The molecule has 1 atom stereocenters. The highest BCUT2D eigenvalue weighted by Crippen LogP contribution is 1.89. The van der Waals surface area contributed by atoms with Crippen LogP contribution in [0, 0.1) is 0 Å². The lowest BCUT2D eigenvalue weighted by atomic mass is 10.2. The first kappa shape index (κ1) is 13.9. The van der Waals surface area contributed by atoms with Crippen molar-refractivity contribution in [2.24, 2.45) is 0 Å². The number of hydrogen-bond donors (Lipinski definition) is 1. The van der Waals surface area contributed by atoms with Crippen LogP contribution in [0.3, 0.4) is 0 Å². The molecule has 1 N–H and O–H groups in total. The number of nitrogens with zero attached hydrogens (tertiary/aromatic N) is 2. The van der Waals surface area contributed by atoms with Gasteiger partial charge in [0.15, 0.2) is 5.78 Å². The van der Waals surface area contributed by atoms with Crippen LogP contribution in [0.1, 0.15) is 13.8 Å². The van der Waals surface area contributed by atoms with Crippen LogP contribution in [0.25, 0.3) is 0 Å². The molecule has 0 aromatic rings. The first-order valence-corrected chi connectivity index (χ1v) is 5.01. The minimum atomic E-state index is -0.417. The van der Waals surface area contributed by atoms with Crippen LogP contribution in [0.4, 0.5) is 4.79 Å². The van der Waals surface area contributed by atoms with Gasteiger partial charge in [-0.05, 0) is 27.9 Å². The maximum Gasteiger partial charge on any atom is 0.317 e. The minimum absolute atomic E-state index is 0.0376. The SMILES string of the molecule is CC(=O)C(C)NC(=O)N(C)CCN(C)C. The fourth-order valence-electron chi connectivity index (χ4n) is 0.849. The van der Waals surface area contributed by atoms with Gasteiger partial charge >= 0.3 is 6.03 Å². The number of carbonyl (C=O) groups is 2. The lowest BCUT2D eigenvalue weighted by molar-refractivity contribution is -0.118. The van der Waals surface area contributed by atoms with Crippen LogP contribution in [0.15, 0.2) is 0 Å². The van der Waals surface area contributed by atoms with E-state index in [1.807, 2.05) is 19.0 Å². The summed E-state index contributed by atoms with van der Waals surface area (Å²) >= 11 is 0. The molecule has 0 aromatic heterocycles. The zero-order chi connectivity index (χ0) is 12.0. The van der Waals surface area contributed by atoms with Crippen molar-refractivity contribution in [3.8, 4) is 0 Å². The molecule has 5 nitrogen and oxygen atoms in total. The summed E-state index contributed by atoms with van der Waals surface area (Å²) < 4.78 is 0. The third-order valence-electron chi connectivity index (χ3n) is 2.18. The Balaban J connectivity index is 3.94. The van der Waals surface area contributed by atoms with Gasteiger partial charge in [-0.1, -0.05) is 0 Å². The average molecular weight is 215 g/mol. The summed E-state index contributed by atoms with van der Waals surface area (Å²) in [6.45, 7) is 4.59. The summed E-state index contributed by atoms with van der Waals surface area (Å²) in [5, 5.41) is 2.62. The molecular weight excluding hydrogens is 194 g/mol. The Bertz CT molecular complexity index is 229. The number of carbonyl (C=O) groups excluding carboxylic acids is 2. The molecule has 0 saturated carbocycles. The lowest BCUT2D eigenvalue weighted by Gasteiger charge is -2.21. The number of urea groups is 1. The van der Waals surface area contributed by atoms with E-state index < -0.39 is 6.04 Å². The Morgan fingerprint density at radius 3 is 2.13 bits per heavy atom. The third-order valence-corrected chi connectivity index (χ3v) is 2.18. The molecule has 1 unspecified atom stereocenters. The van der Waals surface area contributed by atoms with Crippen molar-refractivity contribution in [3.63, 3.8) is 0 Å². The quantitative estimate of drug-likeness (QED) is 0.711. The van der Waals surface area contributed by atoms with E-state index in [-0.39, 0.29) is 11.8 Å². The molecule has 0 aliphatic rings. The highest BCUT2D eigenvalue weighted by Gasteiger charge is 2.14. The molecule has 0 aliphatic carbocycles. The van der Waals surface area contributed by atoms with Gasteiger partial charge in [-0.15, -0.1) is 0 Å². The summed E-state index contributed by atoms with van der Waals surface area (Å²) in [5.41, 5.74) is 0. The van der Waals surface area contributed by atoms with Crippen molar-refractivity contribution in [2.75, 3.05) is 34.2 Å². The van der Waals surface area contributed by atoms with E-state index in [1.165, 1.54) is 6.92 Å². The number of likely N-dealkylation sites (N-methyl/N-ethyl adjacent to an activating group) is 2. The van der Waals surface area contributed by atoms with Gasteiger partial charge in [0.05, 0.1) is 6.04 Å². The molecule has 0 rings (SSSR count). The van der Waals surface area contributed by atoms with Gasteiger partial charge in [0.1, 0.15) is 0 Å². The summed E-state index contributed by atoms with van der Waals surface area (Å²) in [5.74, 6) is -0.0376. The number of rotatable bonds is 5. The Kier molecular flexibility index (Phi) is 5.93. The van der Waals surface area contributed by atoms with Crippen LogP contribution in [-0.2, 0) is 4.79 Å². The second kappa shape index (κ2) is 6.40. The van der Waals surface area contributed by atoms with Crippen molar-refractivity contribution < 1.29 is 9.59 Å². The second-order valence-corrected chi connectivity index (χ2v) is 4.01. The molecule has 88 valence electrons. The summed E-state index contributed by atoms with van der Waals surface area (Å²) in [7, 11) is 5.61. The van der Waals surface area contributed by atoms with E-state index in [9.17, 15) is 9.59 Å². The van der Waals surface area contributed by atoms with E-state index >= 15 is 0 Å². The number of Topliss-reactive ketones (excluding diaryl/α,β-unsaturated/α-hetero) is 1. The fourth-order valence-corrected chi connectivity index (χ4v) is 0.849. The molecule has 0 aliphatic heterocycles. The van der Waals surface area contributed by atoms with Gasteiger partial charge in [-0.3, -0.25) is 4.79 Å². The zero-order valence-electron chi connectivity index (χ0n) is 10.2. The third kappa shape index (κ3) is 6.06. The van der Waals surface area contributed by atoms with Crippen molar-refractivity contribution in [2.45, 2.75) is 19.9 Å². The number of nitrogens with one attached hydrogen (secondary N) is 1. The van der Waals surface area contributed by atoms with E-state index in [2.05, 4.69) is 5.32 Å². The highest BCUT2D eigenvalue weighted by atomic mass is 16.2. The Morgan fingerprint density at radius 2 is 1.73 bits per heavy atom. The monoisotopic (exact) mass is 215 g/mol. The highest BCUT2D eigenvalue weighted by molar-refractivity contribution is 5.86. The predicted molar refractivity (Wildman–Crippen MR) is 59.9 cm³/mol. The Labute approximate surface area is 91.4 Å². The normalized spacial score (nSPS) is 12.4. The maximum atomic E-state index is 11.5. The van der Waals surface area contributed by atoms with Gasteiger partial charge < -0.3 is 15.1 Å². The van der Waals surface area contributed by atoms with Crippen LogP contribution in [0.5, 0.6) is 0 Å². The zero-order valence-corrected chi connectivity index (χ0v) is 10.2. The van der Waals surface area contributed by atoms with Crippen LogP contribution in [0.2, 0.25) is 0 Å². The molecule has 5 heteroatoms. The standard InChI is InChI=1S/C10H21N3O2/c1-8(9(2)14)11-10(15)13(5)7-6-12(3)4/h8H,6-7H2,1-5H3,(H,11,15). The minimum Gasteiger partial charge on any atom is -0.328 e. The van der Waals surface area contributed by atoms with Crippen LogP contribution < -0.4 is 5.32 Å². The van der Waals surface area contributed by atoms with Crippen LogP contribution in [-0.4, -0.2) is 61.9 Å². The smallest absolute Gasteiger partial charge is 0.317 e. The van der Waals surface area contributed by atoms with E-state index in [1.54, 1.807) is 18.9 Å². The summed E-state index contributed by atoms with van der Waals surface area (Å²) in [6.07, 6.45) is 0. The van der Waals surface area contributed by atoms with Crippen molar-refractivity contribution in [1.82, 2.24) is 15.1 Å². The van der Waals surface area contributed by atoms with Crippen LogP contribution >= 0.6 is 0 Å². The first-order chi connectivity index (χ1) is 6.84. The summed E-state index contributed by atoms with van der Waals surface area (Å²) in [6, 6.07) is -0.626. The molecular formula is C10H21N3O2. The molecule has 0 aromatic carbocycles. The van der Waals surface area contributed by atoms with Gasteiger partial charge in [-0.25, -0.2) is 4.79 Å². The van der Waals surface area contributed by atoms with Gasteiger partial charge in [0.2, 0.25) is 0 Å². The van der Waals surface area contributed by atoms with E-state index in [0.29, 0.717) is 6.54 Å². The second-order valence-electron chi connectivity index (χ2n) is 4.01. The molecule has 15 heavy (non-hydrogen) atoms. The van der Waals surface area contributed by atoms with Gasteiger partial charge in [-0.2, -0.15) is 0 Å². The molecule has 0 saturated heterocycles. The van der Waals surface area contributed by atoms with Crippen molar-refractivity contribution in [3.05, 3.63) is 0 Å². The van der Waals surface area contributed by atoms with E-state index in [4.69, 9.17) is 0 Å². The maximum absolute atomic E-state index is 11.5. The van der Waals surface area contributed by atoms with Crippen molar-refractivity contribution in [1.29, 1.82) is 0 Å². The Hall–Kier alpha value is -1.10. The van der Waals surface area contributed by atoms with Gasteiger partial charge in [0.25, 0.3) is 0 Å². The molecule has 0 spiro atoms. The molecule has 0 radical (unpaired) electrons. The topological polar surface area (TPSA) is 52.7 Å². The molecule has 2 amide bonds. The van der Waals surface area contributed by atoms with Crippen molar-refractivity contribution >= 4 is 11.8 Å². The Morgan fingerprint density at radius 1 is 1.20 bits per heavy atom. The molecule has 0 heterocycles. The molecule has 0 bridgehead atoms. The summed E-state index contributed by atoms with van der Waals surface area (Å²) in [4.78, 5) is 26.0. The molecule has 0 fully saturated rings. The number of hydrogen-bond acceptors (Lipinski definition) is 3. The largest absolute Gasteiger partial charge is 0.328 e. The first-order valence-electron chi connectivity index (χ1n) is 5.01.